The van der Waals surface area contributed by atoms with Gasteiger partial charge in [0.1, 0.15) is 0 Å². The van der Waals surface area contributed by atoms with E-state index in [1.165, 1.54) is 0 Å². The van der Waals surface area contributed by atoms with Crippen molar-refractivity contribution in [3.63, 3.8) is 0 Å². The van der Waals surface area contributed by atoms with E-state index >= 15 is 0 Å². The van der Waals surface area contributed by atoms with E-state index in [2.05, 4.69) is 15.5 Å². The van der Waals surface area contributed by atoms with Crippen molar-refractivity contribution in [1.29, 1.82) is 0 Å². The zero-order valence-electron chi connectivity index (χ0n) is 13.7. The molecule has 1 aliphatic heterocycles. The molecule has 128 valence electrons. The van der Waals surface area contributed by atoms with Gasteiger partial charge in [-0.05, 0) is 50.3 Å². The summed E-state index contributed by atoms with van der Waals surface area (Å²) in [6.07, 6.45) is 5.21. The first-order valence-corrected chi connectivity index (χ1v) is 8.28. The Kier molecular flexibility index (Phi) is 4.69. The lowest BCUT2D eigenvalue weighted by molar-refractivity contribution is -0.137. The first kappa shape index (κ1) is 16.3. The van der Waals surface area contributed by atoms with Gasteiger partial charge in [-0.3, -0.25) is 9.89 Å². The van der Waals surface area contributed by atoms with Crippen molar-refractivity contribution in [1.82, 2.24) is 15.1 Å². The van der Waals surface area contributed by atoms with Gasteiger partial charge in [0.05, 0.1) is 11.7 Å². The van der Waals surface area contributed by atoms with Gasteiger partial charge in [0, 0.05) is 30.1 Å². The van der Waals surface area contributed by atoms with Gasteiger partial charge in [-0.1, -0.05) is 0 Å². The van der Waals surface area contributed by atoms with Crippen LogP contribution < -0.4 is 5.32 Å². The number of carboxylic acid groups (broad SMARTS) is 1. The molecule has 1 fully saturated rings. The summed E-state index contributed by atoms with van der Waals surface area (Å²) in [6.45, 7) is 2.64. The SMILES string of the molecule is Cc1cc(NC(=O)N2CCCCC2CCC(=O)O)cc2[nH]ncc12. The molecular weight excluding hydrogens is 308 g/mol. The molecule has 3 rings (SSSR count). The van der Waals surface area contributed by atoms with Crippen LogP contribution in [0.5, 0.6) is 0 Å². The number of nitrogens with zero attached hydrogens (tertiary/aromatic N) is 2. The van der Waals surface area contributed by atoms with E-state index in [9.17, 15) is 9.59 Å². The summed E-state index contributed by atoms with van der Waals surface area (Å²) < 4.78 is 0. The van der Waals surface area contributed by atoms with Gasteiger partial charge in [-0.15, -0.1) is 0 Å². The van der Waals surface area contributed by atoms with E-state index in [-0.39, 0.29) is 18.5 Å². The monoisotopic (exact) mass is 330 g/mol. The number of anilines is 1. The summed E-state index contributed by atoms with van der Waals surface area (Å²) in [5, 5.41) is 19.8. The molecule has 1 atom stereocenters. The van der Waals surface area contributed by atoms with Crippen molar-refractivity contribution in [2.45, 2.75) is 45.1 Å². The molecule has 1 aromatic carbocycles. The van der Waals surface area contributed by atoms with Crippen LogP contribution >= 0.6 is 0 Å². The molecule has 7 heteroatoms. The summed E-state index contributed by atoms with van der Waals surface area (Å²) in [4.78, 5) is 25.2. The van der Waals surface area contributed by atoms with Crippen LogP contribution in [0.3, 0.4) is 0 Å². The number of aromatic nitrogens is 2. The van der Waals surface area contributed by atoms with Gasteiger partial charge in [-0.2, -0.15) is 5.10 Å². The number of urea groups is 1. The highest BCUT2D eigenvalue weighted by Gasteiger charge is 2.27. The van der Waals surface area contributed by atoms with Crippen LogP contribution in [0.15, 0.2) is 18.3 Å². The van der Waals surface area contributed by atoms with Crippen molar-refractivity contribution >= 4 is 28.6 Å². The Bertz CT molecular complexity index is 755. The first-order chi connectivity index (χ1) is 11.5. The zero-order valence-corrected chi connectivity index (χ0v) is 13.7. The van der Waals surface area contributed by atoms with E-state index in [1.807, 2.05) is 19.1 Å². The fourth-order valence-corrected chi connectivity index (χ4v) is 3.35. The number of amides is 2. The number of fused-ring (bicyclic) bond motifs is 1. The van der Waals surface area contributed by atoms with Crippen LogP contribution in [0, 0.1) is 6.92 Å². The number of rotatable bonds is 4. The van der Waals surface area contributed by atoms with Gasteiger partial charge < -0.3 is 15.3 Å². The summed E-state index contributed by atoms with van der Waals surface area (Å²) in [5.74, 6) is -0.818. The topological polar surface area (TPSA) is 98.3 Å². The summed E-state index contributed by atoms with van der Waals surface area (Å²) in [6, 6.07) is 3.62. The second kappa shape index (κ2) is 6.90. The summed E-state index contributed by atoms with van der Waals surface area (Å²) in [5.41, 5.74) is 2.64. The third kappa shape index (κ3) is 3.50. The lowest BCUT2D eigenvalue weighted by atomic mass is 9.98. The van der Waals surface area contributed by atoms with Gasteiger partial charge in [0.2, 0.25) is 0 Å². The Labute approximate surface area is 140 Å². The Morgan fingerprint density at radius 2 is 2.25 bits per heavy atom. The number of hydrogen-bond acceptors (Lipinski definition) is 3. The molecule has 0 bridgehead atoms. The highest BCUT2D eigenvalue weighted by molar-refractivity contribution is 5.93. The molecular formula is C17H22N4O3. The largest absolute Gasteiger partial charge is 0.481 e. The second-order valence-electron chi connectivity index (χ2n) is 6.33. The molecule has 7 nitrogen and oxygen atoms in total. The smallest absolute Gasteiger partial charge is 0.322 e. The van der Waals surface area contributed by atoms with E-state index in [4.69, 9.17) is 5.11 Å². The molecule has 0 radical (unpaired) electrons. The molecule has 1 aliphatic rings. The number of hydrogen-bond donors (Lipinski definition) is 3. The van der Waals surface area contributed by atoms with Crippen LogP contribution in [0.4, 0.5) is 10.5 Å². The number of piperidine rings is 1. The molecule has 1 unspecified atom stereocenters. The average molecular weight is 330 g/mol. The lowest BCUT2D eigenvalue weighted by Crippen LogP contribution is -2.46. The van der Waals surface area contributed by atoms with Crippen LogP contribution in [0.1, 0.15) is 37.7 Å². The van der Waals surface area contributed by atoms with Crippen molar-refractivity contribution in [2.24, 2.45) is 0 Å². The minimum atomic E-state index is -0.818. The van der Waals surface area contributed by atoms with Gasteiger partial charge in [0.15, 0.2) is 0 Å². The third-order valence-electron chi connectivity index (χ3n) is 4.60. The maximum absolute atomic E-state index is 12.6. The van der Waals surface area contributed by atoms with Crippen molar-refractivity contribution in [2.75, 3.05) is 11.9 Å². The van der Waals surface area contributed by atoms with E-state index in [0.717, 1.165) is 41.4 Å². The number of nitrogens with one attached hydrogen (secondary N) is 2. The van der Waals surface area contributed by atoms with Crippen LogP contribution in [-0.2, 0) is 4.79 Å². The normalized spacial score (nSPS) is 17.9. The Balaban J connectivity index is 1.72. The molecule has 24 heavy (non-hydrogen) atoms. The quantitative estimate of drug-likeness (QED) is 0.802. The second-order valence-corrected chi connectivity index (χ2v) is 6.33. The Morgan fingerprint density at radius 1 is 1.42 bits per heavy atom. The highest BCUT2D eigenvalue weighted by Crippen LogP contribution is 2.24. The molecule has 2 amide bonds. The van der Waals surface area contributed by atoms with Crippen LogP contribution in [0.2, 0.25) is 0 Å². The van der Waals surface area contributed by atoms with Crippen LogP contribution in [0.25, 0.3) is 10.9 Å². The van der Waals surface area contributed by atoms with Gasteiger partial charge >= 0.3 is 12.0 Å². The van der Waals surface area contributed by atoms with E-state index in [1.54, 1.807) is 11.1 Å². The number of carbonyl (C=O) groups is 2. The molecule has 0 spiro atoms. The standard InChI is InChI=1S/C17H22N4O3/c1-11-8-12(9-15-14(11)10-18-20-15)19-17(24)21-7-3-2-4-13(21)5-6-16(22)23/h8-10,13H,2-7H2,1H3,(H,18,20)(H,19,24)(H,22,23). The third-order valence-corrected chi connectivity index (χ3v) is 4.60. The number of carboxylic acids is 1. The number of likely N-dealkylation sites (tertiary alicyclic amines) is 1. The van der Waals surface area contributed by atoms with Crippen molar-refractivity contribution in [3.05, 3.63) is 23.9 Å². The number of aryl methyl sites for hydroxylation is 1. The van der Waals surface area contributed by atoms with Gasteiger partial charge in [-0.25, -0.2) is 4.79 Å². The molecule has 2 aromatic rings. The predicted octanol–water partition coefficient (Wildman–Crippen LogP) is 3.12. The number of benzene rings is 1. The maximum atomic E-state index is 12.6. The molecule has 3 N–H and O–H groups in total. The number of aliphatic carboxylic acids is 1. The number of carbonyl (C=O) groups excluding carboxylic acids is 1. The summed E-state index contributed by atoms with van der Waals surface area (Å²) in [7, 11) is 0. The first-order valence-electron chi connectivity index (χ1n) is 8.28. The van der Waals surface area contributed by atoms with Gasteiger partial charge in [0.25, 0.3) is 0 Å². The predicted molar refractivity (Wildman–Crippen MR) is 91.1 cm³/mol. The molecule has 0 aliphatic carbocycles. The zero-order chi connectivity index (χ0) is 17.1. The van der Waals surface area contributed by atoms with E-state index in [0.29, 0.717) is 13.0 Å². The summed E-state index contributed by atoms with van der Waals surface area (Å²) >= 11 is 0. The lowest BCUT2D eigenvalue weighted by Gasteiger charge is -2.35. The Hall–Kier alpha value is -2.57. The molecule has 0 saturated carbocycles. The van der Waals surface area contributed by atoms with Crippen molar-refractivity contribution in [3.8, 4) is 0 Å². The minimum Gasteiger partial charge on any atom is -0.481 e. The number of aromatic amines is 1. The molecule has 1 aromatic heterocycles. The fraction of sp³-hybridized carbons (Fsp3) is 0.471. The minimum absolute atomic E-state index is 0.00756. The molecule has 2 heterocycles. The highest BCUT2D eigenvalue weighted by atomic mass is 16.4. The van der Waals surface area contributed by atoms with E-state index < -0.39 is 5.97 Å². The average Bonchev–Trinajstić information content (AvgIpc) is 3.02. The number of H-pyrrole nitrogens is 1. The molecule has 1 saturated heterocycles. The van der Waals surface area contributed by atoms with Crippen molar-refractivity contribution < 1.29 is 14.7 Å². The van der Waals surface area contributed by atoms with Crippen LogP contribution in [-0.4, -0.2) is 44.8 Å². The maximum Gasteiger partial charge on any atom is 0.322 e. The fourth-order valence-electron chi connectivity index (χ4n) is 3.35. The Morgan fingerprint density at radius 3 is 3.04 bits per heavy atom.